The van der Waals surface area contributed by atoms with Crippen molar-refractivity contribution < 1.29 is 0 Å². The highest BCUT2D eigenvalue weighted by atomic mass is 14.1. The Hall–Kier alpha value is -1.30. The van der Waals surface area contributed by atoms with E-state index in [9.17, 15) is 0 Å². The first-order chi connectivity index (χ1) is 7.66. The zero-order chi connectivity index (χ0) is 13.1. The first kappa shape index (κ1) is 17.1. The molecule has 0 nitrogen and oxygen atoms in total. The van der Waals surface area contributed by atoms with Gasteiger partial charge in [-0.1, -0.05) is 70.7 Å². The topological polar surface area (TPSA) is 0 Å². The number of rotatable bonds is 2. The minimum absolute atomic E-state index is 1.09. The molecule has 0 amide bonds. The third-order valence-corrected chi connectivity index (χ3v) is 1.99. The van der Waals surface area contributed by atoms with Gasteiger partial charge in [-0.05, 0) is 30.5 Å². The van der Waals surface area contributed by atoms with Gasteiger partial charge in [0.2, 0.25) is 0 Å². The minimum Gasteiger partial charge on any atom is -0.0984 e. The van der Waals surface area contributed by atoms with Gasteiger partial charge in [-0.15, -0.1) is 0 Å². The smallest absolute Gasteiger partial charge is 0.0158 e. The molecule has 1 aromatic carbocycles. The van der Waals surface area contributed by atoms with E-state index in [1.807, 2.05) is 46.8 Å². The minimum atomic E-state index is 1.09. The molecule has 0 aliphatic heterocycles. The average molecular weight is 218 g/mol. The SMILES string of the molecule is C=Cc1c(C)cccc1C(=C)C.CC.CC. The van der Waals surface area contributed by atoms with Gasteiger partial charge in [-0.2, -0.15) is 0 Å². The molecule has 0 aliphatic rings. The fraction of sp³-hybridized carbons (Fsp3) is 0.375. The second-order valence-electron chi connectivity index (χ2n) is 3.02. The van der Waals surface area contributed by atoms with Crippen molar-refractivity contribution in [1.82, 2.24) is 0 Å². The molecule has 0 radical (unpaired) electrons. The van der Waals surface area contributed by atoms with Gasteiger partial charge in [-0.3, -0.25) is 0 Å². The van der Waals surface area contributed by atoms with Crippen LogP contribution in [0.25, 0.3) is 11.6 Å². The molecule has 0 saturated carbocycles. The number of hydrogen-bond donors (Lipinski definition) is 0. The number of allylic oxidation sites excluding steroid dienone is 1. The summed E-state index contributed by atoms with van der Waals surface area (Å²) >= 11 is 0. The summed E-state index contributed by atoms with van der Waals surface area (Å²) in [4.78, 5) is 0. The van der Waals surface area contributed by atoms with Gasteiger partial charge in [0.15, 0.2) is 0 Å². The van der Waals surface area contributed by atoms with Crippen molar-refractivity contribution in [3.8, 4) is 0 Å². The summed E-state index contributed by atoms with van der Waals surface area (Å²) in [6.45, 7) is 19.8. The summed E-state index contributed by atoms with van der Waals surface area (Å²) in [5.41, 5.74) is 4.74. The van der Waals surface area contributed by atoms with Crippen LogP contribution in [0.15, 0.2) is 31.4 Å². The van der Waals surface area contributed by atoms with Crippen LogP contribution in [-0.4, -0.2) is 0 Å². The number of hydrogen-bond acceptors (Lipinski definition) is 0. The van der Waals surface area contributed by atoms with Gasteiger partial charge in [0.05, 0.1) is 0 Å². The maximum Gasteiger partial charge on any atom is -0.0158 e. The van der Waals surface area contributed by atoms with Crippen molar-refractivity contribution in [2.24, 2.45) is 0 Å². The van der Waals surface area contributed by atoms with Crippen LogP contribution >= 0.6 is 0 Å². The fourth-order valence-corrected chi connectivity index (χ4v) is 1.32. The molecule has 1 rings (SSSR count). The summed E-state index contributed by atoms with van der Waals surface area (Å²) < 4.78 is 0. The molecular formula is C16H26. The highest BCUT2D eigenvalue weighted by molar-refractivity contribution is 5.73. The Morgan fingerprint density at radius 3 is 1.94 bits per heavy atom. The molecule has 0 N–H and O–H groups in total. The van der Waals surface area contributed by atoms with E-state index in [0.29, 0.717) is 0 Å². The van der Waals surface area contributed by atoms with E-state index in [0.717, 1.165) is 5.57 Å². The van der Waals surface area contributed by atoms with Gasteiger partial charge in [0.1, 0.15) is 0 Å². The summed E-state index contributed by atoms with van der Waals surface area (Å²) in [6.07, 6.45) is 1.89. The van der Waals surface area contributed by atoms with Gasteiger partial charge < -0.3 is 0 Å². The van der Waals surface area contributed by atoms with Crippen molar-refractivity contribution >= 4 is 11.6 Å². The summed E-state index contributed by atoms with van der Waals surface area (Å²) in [7, 11) is 0. The highest BCUT2D eigenvalue weighted by Crippen LogP contribution is 2.21. The highest BCUT2D eigenvalue weighted by Gasteiger charge is 2.01. The lowest BCUT2D eigenvalue weighted by atomic mass is 9.98. The predicted octanol–water partition coefficient (Wildman–Crippen LogP) is 5.72. The van der Waals surface area contributed by atoms with Crippen LogP contribution in [0.4, 0.5) is 0 Å². The van der Waals surface area contributed by atoms with Gasteiger partial charge >= 0.3 is 0 Å². The zero-order valence-corrected chi connectivity index (χ0v) is 11.7. The molecule has 0 aromatic heterocycles. The monoisotopic (exact) mass is 218 g/mol. The Kier molecular flexibility index (Phi) is 10.9. The molecule has 0 heterocycles. The van der Waals surface area contributed by atoms with Crippen molar-refractivity contribution in [2.45, 2.75) is 41.5 Å². The Morgan fingerprint density at radius 2 is 1.62 bits per heavy atom. The maximum atomic E-state index is 3.93. The third kappa shape index (κ3) is 4.97. The van der Waals surface area contributed by atoms with Crippen molar-refractivity contribution in [1.29, 1.82) is 0 Å². The Morgan fingerprint density at radius 1 is 1.12 bits per heavy atom. The second-order valence-corrected chi connectivity index (χ2v) is 3.02. The van der Waals surface area contributed by atoms with E-state index in [4.69, 9.17) is 0 Å². The summed E-state index contributed by atoms with van der Waals surface area (Å²) in [5, 5.41) is 0. The lowest BCUT2D eigenvalue weighted by Crippen LogP contribution is -1.87. The van der Waals surface area contributed by atoms with E-state index >= 15 is 0 Å². The Bertz CT molecular complexity index is 319. The normalized spacial score (nSPS) is 7.88. The summed E-state index contributed by atoms with van der Waals surface area (Å²) in [6, 6.07) is 6.21. The zero-order valence-electron chi connectivity index (χ0n) is 11.7. The molecule has 16 heavy (non-hydrogen) atoms. The van der Waals surface area contributed by atoms with Crippen LogP contribution in [0, 0.1) is 6.92 Å². The first-order valence-corrected chi connectivity index (χ1v) is 6.04. The standard InChI is InChI=1S/C12H14.2C2H6/c1-5-11-10(4)7-6-8-12(11)9(2)3;2*1-2/h5-8H,1-2H2,3-4H3;2*1-2H3. The van der Waals surface area contributed by atoms with Crippen LogP contribution in [0.1, 0.15) is 51.3 Å². The molecule has 0 aliphatic carbocycles. The van der Waals surface area contributed by atoms with Crippen LogP contribution in [0.3, 0.4) is 0 Å². The van der Waals surface area contributed by atoms with Gasteiger partial charge in [0, 0.05) is 0 Å². The number of benzene rings is 1. The average Bonchev–Trinajstić information content (AvgIpc) is 2.33. The van der Waals surface area contributed by atoms with E-state index in [1.165, 1.54) is 16.7 Å². The van der Waals surface area contributed by atoms with Crippen molar-refractivity contribution in [3.63, 3.8) is 0 Å². The molecule has 0 atom stereocenters. The van der Waals surface area contributed by atoms with E-state index in [2.05, 4.69) is 32.2 Å². The first-order valence-electron chi connectivity index (χ1n) is 6.04. The Balaban J connectivity index is 0. The molecule has 90 valence electrons. The van der Waals surface area contributed by atoms with Gasteiger partial charge in [-0.25, -0.2) is 0 Å². The quantitative estimate of drug-likeness (QED) is 0.595. The molecular weight excluding hydrogens is 192 g/mol. The lowest BCUT2D eigenvalue weighted by Gasteiger charge is -2.07. The molecule has 0 fully saturated rings. The van der Waals surface area contributed by atoms with Crippen LogP contribution < -0.4 is 0 Å². The number of aryl methyl sites for hydroxylation is 1. The van der Waals surface area contributed by atoms with Crippen molar-refractivity contribution in [2.75, 3.05) is 0 Å². The third-order valence-electron chi connectivity index (χ3n) is 1.99. The largest absolute Gasteiger partial charge is 0.0984 e. The molecule has 0 saturated heterocycles. The maximum absolute atomic E-state index is 3.93. The molecule has 0 bridgehead atoms. The van der Waals surface area contributed by atoms with E-state index in [1.54, 1.807) is 0 Å². The van der Waals surface area contributed by atoms with Crippen LogP contribution in [-0.2, 0) is 0 Å². The second kappa shape index (κ2) is 10.2. The Labute approximate surface area is 102 Å². The molecule has 0 heteroatoms. The molecule has 0 unspecified atom stereocenters. The molecule has 1 aromatic rings. The van der Waals surface area contributed by atoms with Crippen LogP contribution in [0.2, 0.25) is 0 Å². The van der Waals surface area contributed by atoms with Crippen LogP contribution in [0.5, 0.6) is 0 Å². The lowest BCUT2D eigenvalue weighted by molar-refractivity contribution is 1.41. The van der Waals surface area contributed by atoms with E-state index in [-0.39, 0.29) is 0 Å². The predicted molar refractivity (Wildman–Crippen MR) is 78.7 cm³/mol. The summed E-state index contributed by atoms with van der Waals surface area (Å²) in [5.74, 6) is 0. The van der Waals surface area contributed by atoms with Gasteiger partial charge in [0.25, 0.3) is 0 Å². The van der Waals surface area contributed by atoms with E-state index < -0.39 is 0 Å². The molecule has 0 spiro atoms. The van der Waals surface area contributed by atoms with Crippen molar-refractivity contribution in [3.05, 3.63) is 48.0 Å². The fourth-order valence-electron chi connectivity index (χ4n) is 1.32.